The van der Waals surface area contributed by atoms with Crippen LogP contribution in [0.3, 0.4) is 0 Å². The van der Waals surface area contributed by atoms with E-state index in [1.54, 1.807) is 0 Å². The van der Waals surface area contributed by atoms with Crippen molar-refractivity contribution in [3.63, 3.8) is 0 Å². The Morgan fingerprint density at radius 2 is 1.53 bits per heavy atom. The maximum atomic E-state index is 11.8. The highest BCUT2D eigenvalue weighted by molar-refractivity contribution is 9.09. The second-order valence-corrected chi connectivity index (χ2v) is 5.46. The van der Waals surface area contributed by atoms with Crippen LogP contribution in [-0.4, -0.2) is 61.1 Å². The summed E-state index contributed by atoms with van der Waals surface area (Å²) in [5.74, 6) is -3.13. The van der Waals surface area contributed by atoms with E-state index in [1.165, 1.54) is 0 Å². The number of alkyl halides is 1. The Morgan fingerprint density at radius 1 is 1.05 bits per heavy atom. The van der Waals surface area contributed by atoms with E-state index in [0.29, 0.717) is 0 Å². The summed E-state index contributed by atoms with van der Waals surface area (Å²) in [5.41, 5.74) is -8.48. The molecule has 0 amide bonds. The van der Waals surface area contributed by atoms with Crippen molar-refractivity contribution in [1.29, 1.82) is 0 Å². The second-order valence-electron chi connectivity index (χ2n) is 4.63. The van der Waals surface area contributed by atoms with Gasteiger partial charge in [-0.3, -0.25) is 14.4 Å². The molecule has 1 aliphatic rings. The molecule has 108 valence electrons. The third-order valence-electron chi connectivity index (χ3n) is 3.55. The smallest absolute Gasteiger partial charge is 0.200 e. The van der Waals surface area contributed by atoms with Crippen LogP contribution in [0, 0.1) is 0 Å². The zero-order valence-corrected chi connectivity index (χ0v) is 12.2. The van der Waals surface area contributed by atoms with Gasteiger partial charge in [-0.1, -0.05) is 15.9 Å². The fourth-order valence-corrected chi connectivity index (χ4v) is 3.01. The molecule has 3 N–H and O–H groups in total. The van der Waals surface area contributed by atoms with Crippen molar-refractivity contribution in [3.05, 3.63) is 0 Å². The SMILES string of the molecule is CC(=O)[C@]1(O)[C@@](O)(C(C)=O)CO[C@H](Br)[C@@]1(O)C(C)=O. The van der Waals surface area contributed by atoms with Gasteiger partial charge < -0.3 is 20.1 Å². The van der Waals surface area contributed by atoms with Crippen molar-refractivity contribution in [2.45, 2.75) is 42.6 Å². The number of halogens is 1. The quantitative estimate of drug-likeness (QED) is 0.546. The highest BCUT2D eigenvalue weighted by atomic mass is 79.9. The Balaban J connectivity index is 3.65. The van der Waals surface area contributed by atoms with Gasteiger partial charge in [0.2, 0.25) is 0 Å². The Bertz CT molecular complexity index is 450. The van der Waals surface area contributed by atoms with Gasteiger partial charge in [0.1, 0.15) is 0 Å². The number of carbonyl (C=O) groups excluding carboxylic acids is 3. The zero-order chi connectivity index (χ0) is 15.2. The number of Topliss-reactive ketones (excluding diaryl/α,β-unsaturated/α-hetero) is 3. The third-order valence-corrected chi connectivity index (χ3v) is 4.47. The van der Waals surface area contributed by atoms with Gasteiger partial charge in [0.15, 0.2) is 39.2 Å². The molecule has 1 fully saturated rings. The fourth-order valence-electron chi connectivity index (χ4n) is 2.23. The molecule has 8 heteroatoms. The first-order chi connectivity index (χ1) is 8.46. The maximum Gasteiger partial charge on any atom is 0.200 e. The molecule has 0 saturated carbocycles. The highest BCUT2D eigenvalue weighted by Gasteiger charge is 2.74. The van der Waals surface area contributed by atoms with Crippen molar-refractivity contribution in [2.75, 3.05) is 6.61 Å². The van der Waals surface area contributed by atoms with Crippen molar-refractivity contribution >= 4 is 33.3 Å². The summed E-state index contributed by atoms with van der Waals surface area (Å²) in [7, 11) is 0. The van der Waals surface area contributed by atoms with Crippen molar-refractivity contribution < 1.29 is 34.4 Å². The lowest BCUT2D eigenvalue weighted by molar-refractivity contribution is -0.279. The van der Waals surface area contributed by atoms with Crippen LogP contribution in [0.4, 0.5) is 0 Å². The number of aliphatic hydroxyl groups is 3. The van der Waals surface area contributed by atoms with Gasteiger partial charge in [0.05, 0.1) is 6.61 Å². The van der Waals surface area contributed by atoms with Crippen LogP contribution in [0.1, 0.15) is 20.8 Å². The summed E-state index contributed by atoms with van der Waals surface area (Å²) in [6.07, 6.45) is 0. The number of hydrogen-bond acceptors (Lipinski definition) is 7. The predicted molar refractivity (Wildman–Crippen MR) is 65.6 cm³/mol. The maximum absolute atomic E-state index is 11.8. The molecule has 0 spiro atoms. The molecule has 1 saturated heterocycles. The molecule has 0 unspecified atom stereocenters. The molecule has 1 aliphatic heterocycles. The minimum atomic E-state index is -3.00. The summed E-state index contributed by atoms with van der Waals surface area (Å²) in [4.78, 5) is 35.0. The van der Waals surface area contributed by atoms with Gasteiger partial charge in [-0.05, 0) is 20.8 Å². The van der Waals surface area contributed by atoms with Gasteiger partial charge in [-0.2, -0.15) is 0 Å². The molecule has 4 atom stereocenters. The number of rotatable bonds is 3. The second kappa shape index (κ2) is 4.71. The largest absolute Gasteiger partial charge is 0.376 e. The molecule has 0 aromatic carbocycles. The molecule has 0 radical (unpaired) electrons. The van der Waals surface area contributed by atoms with Gasteiger partial charge in [0.25, 0.3) is 0 Å². The van der Waals surface area contributed by atoms with E-state index in [2.05, 4.69) is 15.9 Å². The summed E-state index contributed by atoms with van der Waals surface area (Å²) in [6.45, 7) is 1.97. The van der Waals surface area contributed by atoms with Crippen LogP contribution in [-0.2, 0) is 19.1 Å². The first-order valence-corrected chi connectivity index (χ1v) is 6.33. The van der Waals surface area contributed by atoms with Crippen LogP contribution in [0.2, 0.25) is 0 Å². The topological polar surface area (TPSA) is 121 Å². The minimum Gasteiger partial charge on any atom is -0.376 e. The number of ketones is 3. The van der Waals surface area contributed by atoms with Gasteiger partial charge in [0, 0.05) is 0 Å². The van der Waals surface area contributed by atoms with E-state index in [1.807, 2.05) is 0 Å². The summed E-state index contributed by atoms with van der Waals surface area (Å²) < 4.78 is 4.94. The van der Waals surface area contributed by atoms with Crippen molar-refractivity contribution in [2.24, 2.45) is 0 Å². The van der Waals surface area contributed by atoms with Gasteiger partial charge in [-0.15, -0.1) is 0 Å². The molecular weight excluding hydrogens is 324 g/mol. The normalized spacial score (nSPS) is 42.8. The van der Waals surface area contributed by atoms with Crippen molar-refractivity contribution in [3.8, 4) is 0 Å². The van der Waals surface area contributed by atoms with E-state index < -0.39 is 45.8 Å². The standard InChI is InChI=1S/C11H15BrO7/c1-5(13)9(16)4-19-8(12)10(17,6(2)14)11(9,18)7(3)15/h8,16-18H,4H2,1-3H3/t8-,9-,10-,11-/m0/s1. The van der Waals surface area contributed by atoms with Crippen LogP contribution >= 0.6 is 15.9 Å². The number of carbonyl (C=O) groups is 3. The summed E-state index contributed by atoms with van der Waals surface area (Å²) >= 11 is 2.83. The van der Waals surface area contributed by atoms with E-state index in [9.17, 15) is 29.7 Å². The van der Waals surface area contributed by atoms with Crippen LogP contribution in [0.5, 0.6) is 0 Å². The van der Waals surface area contributed by atoms with E-state index in [4.69, 9.17) is 4.74 Å². The molecule has 7 nitrogen and oxygen atoms in total. The van der Waals surface area contributed by atoms with Crippen LogP contribution in [0.15, 0.2) is 0 Å². The molecular formula is C11H15BrO7. The third kappa shape index (κ3) is 1.82. The Kier molecular flexibility index (Phi) is 4.06. The lowest BCUT2D eigenvalue weighted by Crippen LogP contribution is -2.82. The summed E-state index contributed by atoms with van der Waals surface area (Å²) in [6, 6.07) is 0. The molecule has 0 bridgehead atoms. The molecule has 0 aromatic rings. The molecule has 0 aliphatic carbocycles. The Labute approximate surface area is 117 Å². The van der Waals surface area contributed by atoms with Gasteiger partial charge in [-0.25, -0.2) is 0 Å². The van der Waals surface area contributed by atoms with E-state index >= 15 is 0 Å². The van der Waals surface area contributed by atoms with E-state index in [-0.39, 0.29) is 0 Å². The Morgan fingerprint density at radius 3 is 1.84 bits per heavy atom. The predicted octanol–water partition coefficient (Wildman–Crippen LogP) is -1.30. The lowest BCUT2D eigenvalue weighted by Gasteiger charge is -2.53. The average Bonchev–Trinajstić information content (AvgIpc) is 2.30. The zero-order valence-electron chi connectivity index (χ0n) is 10.6. The van der Waals surface area contributed by atoms with E-state index in [0.717, 1.165) is 20.8 Å². The first kappa shape index (κ1) is 16.4. The number of ether oxygens (including phenoxy) is 1. The Hall–Kier alpha value is -0.670. The number of hydrogen-bond donors (Lipinski definition) is 3. The summed E-state index contributed by atoms with van der Waals surface area (Å²) in [5, 5.41) is 29.7. The van der Waals surface area contributed by atoms with Crippen LogP contribution < -0.4 is 0 Å². The average molecular weight is 339 g/mol. The van der Waals surface area contributed by atoms with Crippen LogP contribution in [0.25, 0.3) is 0 Å². The minimum absolute atomic E-state index is 0.732. The van der Waals surface area contributed by atoms with Crippen molar-refractivity contribution in [1.82, 2.24) is 0 Å². The monoisotopic (exact) mass is 338 g/mol. The highest BCUT2D eigenvalue weighted by Crippen LogP contribution is 2.45. The molecule has 1 rings (SSSR count). The molecule has 0 aromatic heterocycles. The van der Waals surface area contributed by atoms with Gasteiger partial charge >= 0.3 is 0 Å². The molecule has 1 heterocycles. The lowest BCUT2D eigenvalue weighted by atomic mass is 9.64. The molecule has 19 heavy (non-hydrogen) atoms. The first-order valence-electron chi connectivity index (χ1n) is 5.42. The fraction of sp³-hybridized carbons (Fsp3) is 0.727.